The van der Waals surface area contributed by atoms with E-state index in [1.165, 1.54) is 16.4 Å². The normalized spacial score (nSPS) is 17.6. The highest BCUT2D eigenvalue weighted by atomic mass is 35.5. The molecule has 0 saturated carbocycles. The molecule has 0 unspecified atom stereocenters. The number of anilines is 1. The molecule has 1 aliphatic rings. The molecular formula is C13H18ClN3O3S. The predicted molar refractivity (Wildman–Crippen MR) is 81.4 cm³/mol. The molecule has 1 aliphatic heterocycles. The molecule has 1 aromatic carbocycles. The minimum atomic E-state index is -3.68. The van der Waals surface area contributed by atoms with Crippen molar-refractivity contribution in [3.63, 3.8) is 0 Å². The minimum Gasteiger partial charge on any atom is -0.399 e. The molecule has 0 spiro atoms. The quantitative estimate of drug-likeness (QED) is 0.810. The van der Waals surface area contributed by atoms with Crippen molar-refractivity contribution in [1.82, 2.24) is 9.62 Å². The van der Waals surface area contributed by atoms with Gasteiger partial charge in [0.2, 0.25) is 15.9 Å². The number of benzene rings is 1. The van der Waals surface area contributed by atoms with Crippen LogP contribution >= 0.6 is 11.6 Å². The Hall–Kier alpha value is -1.31. The maximum absolute atomic E-state index is 12.6. The summed E-state index contributed by atoms with van der Waals surface area (Å²) < 4.78 is 26.5. The van der Waals surface area contributed by atoms with Crippen molar-refractivity contribution in [2.45, 2.75) is 17.7 Å². The Morgan fingerprint density at radius 1 is 1.38 bits per heavy atom. The van der Waals surface area contributed by atoms with Gasteiger partial charge in [0.05, 0.1) is 5.02 Å². The van der Waals surface area contributed by atoms with Crippen LogP contribution in [0.4, 0.5) is 5.69 Å². The Bertz CT molecular complexity index is 640. The molecule has 1 aromatic rings. The smallest absolute Gasteiger partial charge is 0.244 e. The average Bonchev–Trinajstić information content (AvgIpc) is 2.49. The molecule has 3 N–H and O–H groups in total. The second kappa shape index (κ2) is 6.21. The molecule has 1 saturated heterocycles. The summed E-state index contributed by atoms with van der Waals surface area (Å²) in [5, 5.41) is 2.74. The lowest BCUT2D eigenvalue weighted by Gasteiger charge is -2.30. The fourth-order valence-electron chi connectivity index (χ4n) is 2.42. The SMILES string of the molecule is CNC(=O)C1CCN(S(=O)(=O)c2cc(N)ccc2Cl)CC1. The van der Waals surface area contributed by atoms with E-state index in [9.17, 15) is 13.2 Å². The standard InChI is InChI=1S/C13H18ClN3O3S/c1-16-13(18)9-4-6-17(7-5-9)21(19,20)12-8-10(15)2-3-11(12)14/h2-3,8-9H,4-7,15H2,1H3,(H,16,18). The van der Waals surface area contributed by atoms with Crippen LogP contribution in [0.15, 0.2) is 23.1 Å². The molecule has 6 nitrogen and oxygen atoms in total. The van der Waals surface area contributed by atoms with Crippen molar-refractivity contribution in [1.29, 1.82) is 0 Å². The number of piperidine rings is 1. The number of nitrogen functional groups attached to an aromatic ring is 1. The summed E-state index contributed by atoms with van der Waals surface area (Å²) in [4.78, 5) is 11.6. The van der Waals surface area contributed by atoms with E-state index in [4.69, 9.17) is 17.3 Å². The highest BCUT2D eigenvalue weighted by Crippen LogP contribution is 2.29. The van der Waals surface area contributed by atoms with E-state index in [1.807, 2.05) is 0 Å². The first kappa shape index (κ1) is 16.1. The van der Waals surface area contributed by atoms with Gasteiger partial charge in [-0.1, -0.05) is 11.6 Å². The third kappa shape index (κ3) is 3.30. The van der Waals surface area contributed by atoms with Crippen LogP contribution in [0.1, 0.15) is 12.8 Å². The number of hydrogen-bond donors (Lipinski definition) is 2. The summed E-state index contributed by atoms with van der Waals surface area (Å²) in [5.41, 5.74) is 5.98. The van der Waals surface area contributed by atoms with Gasteiger partial charge in [-0.3, -0.25) is 4.79 Å². The molecule has 0 aliphatic carbocycles. The van der Waals surface area contributed by atoms with Crippen LogP contribution in [0.25, 0.3) is 0 Å². The molecule has 0 radical (unpaired) electrons. The van der Waals surface area contributed by atoms with Gasteiger partial charge in [0.1, 0.15) is 4.90 Å². The Labute approximate surface area is 129 Å². The summed E-state index contributed by atoms with van der Waals surface area (Å²) in [6.45, 7) is 0.594. The van der Waals surface area contributed by atoms with Gasteiger partial charge in [-0.2, -0.15) is 4.31 Å². The van der Waals surface area contributed by atoms with Crippen molar-refractivity contribution >= 4 is 33.2 Å². The van der Waals surface area contributed by atoms with Crippen molar-refractivity contribution in [3.8, 4) is 0 Å². The fourth-order valence-corrected chi connectivity index (χ4v) is 4.40. The largest absolute Gasteiger partial charge is 0.399 e. The number of hydrogen-bond acceptors (Lipinski definition) is 4. The Kier molecular flexibility index (Phi) is 4.75. The third-order valence-electron chi connectivity index (χ3n) is 3.64. The van der Waals surface area contributed by atoms with Gasteiger partial charge >= 0.3 is 0 Å². The fraction of sp³-hybridized carbons (Fsp3) is 0.462. The maximum Gasteiger partial charge on any atom is 0.244 e. The number of nitrogens with two attached hydrogens (primary N) is 1. The Morgan fingerprint density at radius 3 is 2.57 bits per heavy atom. The molecular weight excluding hydrogens is 314 g/mol. The van der Waals surface area contributed by atoms with Crippen LogP contribution in [-0.4, -0.2) is 38.8 Å². The van der Waals surface area contributed by atoms with Gasteiger partial charge in [-0.25, -0.2) is 8.42 Å². The number of sulfonamides is 1. The van der Waals surface area contributed by atoms with Gasteiger partial charge in [0.25, 0.3) is 0 Å². The lowest BCUT2D eigenvalue weighted by atomic mass is 9.97. The molecule has 116 valence electrons. The highest BCUT2D eigenvalue weighted by molar-refractivity contribution is 7.89. The van der Waals surface area contributed by atoms with Gasteiger partial charge in [0.15, 0.2) is 0 Å². The first-order valence-electron chi connectivity index (χ1n) is 6.63. The van der Waals surface area contributed by atoms with E-state index in [0.29, 0.717) is 31.6 Å². The van der Waals surface area contributed by atoms with Crippen molar-refractivity contribution in [2.24, 2.45) is 5.92 Å². The number of halogens is 1. The highest BCUT2D eigenvalue weighted by Gasteiger charge is 2.32. The summed E-state index contributed by atoms with van der Waals surface area (Å²) in [5.74, 6) is -0.188. The number of carbonyl (C=O) groups is 1. The lowest BCUT2D eigenvalue weighted by molar-refractivity contribution is -0.125. The third-order valence-corrected chi connectivity index (χ3v) is 6.02. The molecule has 1 fully saturated rings. The summed E-state index contributed by atoms with van der Waals surface area (Å²) in [6.07, 6.45) is 0.998. The summed E-state index contributed by atoms with van der Waals surface area (Å²) in [6, 6.07) is 4.39. The second-order valence-corrected chi connectivity index (χ2v) is 7.30. The lowest BCUT2D eigenvalue weighted by Crippen LogP contribution is -2.42. The van der Waals surface area contributed by atoms with E-state index >= 15 is 0 Å². The van der Waals surface area contributed by atoms with Gasteiger partial charge < -0.3 is 11.1 Å². The van der Waals surface area contributed by atoms with Crippen molar-refractivity contribution < 1.29 is 13.2 Å². The van der Waals surface area contributed by atoms with Gasteiger partial charge in [-0.15, -0.1) is 0 Å². The van der Waals surface area contributed by atoms with Gasteiger partial charge in [-0.05, 0) is 31.0 Å². The maximum atomic E-state index is 12.6. The zero-order chi connectivity index (χ0) is 15.6. The van der Waals surface area contributed by atoms with Crippen LogP contribution in [0.5, 0.6) is 0 Å². The van der Waals surface area contributed by atoms with Crippen LogP contribution < -0.4 is 11.1 Å². The zero-order valence-electron chi connectivity index (χ0n) is 11.7. The Morgan fingerprint density at radius 2 is 2.00 bits per heavy atom. The number of amides is 1. The first-order valence-corrected chi connectivity index (χ1v) is 8.45. The molecule has 0 atom stereocenters. The summed E-state index contributed by atoms with van der Waals surface area (Å²) >= 11 is 5.98. The van der Waals surface area contributed by atoms with E-state index in [0.717, 1.165) is 0 Å². The minimum absolute atomic E-state index is 0.0163. The number of rotatable bonds is 3. The first-order chi connectivity index (χ1) is 9.86. The van der Waals surface area contributed by atoms with Crippen molar-refractivity contribution in [2.75, 3.05) is 25.9 Å². The van der Waals surface area contributed by atoms with E-state index < -0.39 is 10.0 Å². The number of carbonyl (C=O) groups excluding carboxylic acids is 1. The average molecular weight is 332 g/mol. The molecule has 2 rings (SSSR count). The van der Waals surface area contributed by atoms with Crippen LogP contribution in [0.3, 0.4) is 0 Å². The van der Waals surface area contributed by atoms with E-state index in [2.05, 4.69) is 5.32 Å². The van der Waals surface area contributed by atoms with Gasteiger partial charge in [0, 0.05) is 31.7 Å². The zero-order valence-corrected chi connectivity index (χ0v) is 13.2. The van der Waals surface area contributed by atoms with Crippen LogP contribution in [0.2, 0.25) is 5.02 Å². The Balaban J connectivity index is 2.19. The molecule has 1 heterocycles. The molecule has 0 aromatic heterocycles. The topological polar surface area (TPSA) is 92.5 Å². The molecule has 1 amide bonds. The summed E-state index contributed by atoms with van der Waals surface area (Å²) in [7, 11) is -2.10. The van der Waals surface area contributed by atoms with E-state index in [1.54, 1.807) is 13.1 Å². The monoisotopic (exact) mass is 331 g/mol. The molecule has 8 heteroatoms. The number of nitrogens with one attached hydrogen (secondary N) is 1. The van der Waals surface area contributed by atoms with E-state index in [-0.39, 0.29) is 21.7 Å². The van der Waals surface area contributed by atoms with Crippen LogP contribution in [0, 0.1) is 5.92 Å². The second-order valence-electron chi connectivity index (χ2n) is 4.98. The molecule has 0 bridgehead atoms. The molecule has 21 heavy (non-hydrogen) atoms. The van der Waals surface area contributed by atoms with Crippen LogP contribution in [-0.2, 0) is 14.8 Å². The number of nitrogens with zero attached hydrogens (tertiary/aromatic N) is 1. The predicted octanol–water partition coefficient (Wildman–Crippen LogP) is 1.07. The van der Waals surface area contributed by atoms with Crippen molar-refractivity contribution in [3.05, 3.63) is 23.2 Å².